The van der Waals surface area contributed by atoms with E-state index >= 15 is 0 Å². The van der Waals surface area contributed by atoms with Crippen LogP contribution >= 0.6 is 0 Å². The maximum Gasteiger partial charge on any atom is 0.308 e. The summed E-state index contributed by atoms with van der Waals surface area (Å²) >= 11 is 0. The summed E-state index contributed by atoms with van der Waals surface area (Å²) in [7, 11) is 0. The smallest absolute Gasteiger partial charge is 0.308 e. The van der Waals surface area contributed by atoms with Gasteiger partial charge in [-0.25, -0.2) is 0 Å². The molecule has 0 aromatic heterocycles. The van der Waals surface area contributed by atoms with Crippen molar-refractivity contribution in [2.24, 2.45) is 0 Å². The van der Waals surface area contributed by atoms with E-state index in [-0.39, 0.29) is 35.0 Å². The average Bonchev–Trinajstić information content (AvgIpc) is 2.53. The molecule has 0 amide bonds. The summed E-state index contributed by atoms with van der Waals surface area (Å²) < 4.78 is 16.1. The minimum absolute atomic E-state index is 0.0195. The van der Waals surface area contributed by atoms with Gasteiger partial charge < -0.3 is 14.2 Å². The molecule has 1 heterocycles. The van der Waals surface area contributed by atoms with Crippen LogP contribution in [0.2, 0.25) is 0 Å². The number of carbonyl (C=O) groups is 3. The Hall–Kier alpha value is -3.15. The number of hydrogen-bond acceptors (Lipinski definition) is 6. The van der Waals surface area contributed by atoms with Crippen molar-refractivity contribution in [1.82, 2.24) is 0 Å². The molecule has 2 aromatic rings. The molecular formula is C19H15O6. The molecule has 0 saturated heterocycles. The zero-order chi connectivity index (χ0) is 18.0. The van der Waals surface area contributed by atoms with E-state index < -0.39 is 18.0 Å². The lowest BCUT2D eigenvalue weighted by Crippen LogP contribution is -2.22. The van der Waals surface area contributed by atoms with Crippen LogP contribution in [0.5, 0.6) is 17.2 Å². The van der Waals surface area contributed by atoms with Crippen molar-refractivity contribution < 1.29 is 28.6 Å². The van der Waals surface area contributed by atoms with Gasteiger partial charge in [-0.1, -0.05) is 24.3 Å². The van der Waals surface area contributed by atoms with Gasteiger partial charge in [-0.15, -0.1) is 0 Å². The van der Waals surface area contributed by atoms with Gasteiger partial charge in [-0.3, -0.25) is 14.4 Å². The van der Waals surface area contributed by atoms with E-state index in [1.165, 1.54) is 26.0 Å². The summed E-state index contributed by atoms with van der Waals surface area (Å²) in [6.07, 6.45) is -0.370. The number of rotatable bonds is 3. The summed E-state index contributed by atoms with van der Waals surface area (Å²) in [5.74, 6) is -0.973. The Labute approximate surface area is 144 Å². The fourth-order valence-electron chi connectivity index (χ4n) is 2.66. The molecule has 25 heavy (non-hydrogen) atoms. The molecular weight excluding hydrogens is 324 g/mol. The van der Waals surface area contributed by atoms with E-state index in [1.807, 2.05) is 12.1 Å². The topological polar surface area (TPSA) is 78.9 Å². The Morgan fingerprint density at radius 2 is 1.80 bits per heavy atom. The van der Waals surface area contributed by atoms with Gasteiger partial charge in [0.1, 0.15) is 28.9 Å². The molecule has 0 saturated carbocycles. The van der Waals surface area contributed by atoms with Crippen molar-refractivity contribution in [2.45, 2.75) is 26.4 Å². The maximum atomic E-state index is 12.6. The quantitative estimate of drug-likeness (QED) is 0.632. The molecule has 1 aliphatic heterocycles. The second kappa shape index (κ2) is 6.76. The molecule has 0 bridgehead atoms. The second-order valence-electron chi connectivity index (χ2n) is 5.55. The van der Waals surface area contributed by atoms with Crippen molar-refractivity contribution in [1.29, 1.82) is 0 Å². The van der Waals surface area contributed by atoms with Gasteiger partial charge in [0.2, 0.25) is 0 Å². The predicted octanol–water partition coefficient (Wildman–Crippen LogP) is 3.04. The van der Waals surface area contributed by atoms with Gasteiger partial charge in [0.05, 0.1) is 6.42 Å². The summed E-state index contributed by atoms with van der Waals surface area (Å²) in [5.41, 5.74) is 0.995. The normalized spacial score (nSPS) is 15.8. The van der Waals surface area contributed by atoms with Crippen LogP contribution in [-0.4, -0.2) is 17.7 Å². The lowest BCUT2D eigenvalue weighted by Gasteiger charge is -2.27. The predicted molar refractivity (Wildman–Crippen MR) is 86.7 cm³/mol. The number of esters is 2. The highest BCUT2D eigenvalue weighted by molar-refractivity contribution is 6.03. The van der Waals surface area contributed by atoms with Crippen molar-refractivity contribution in [3.05, 3.63) is 53.6 Å². The largest absolute Gasteiger partial charge is 0.484 e. The van der Waals surface area contributed by atoms with Crippen LogP contribution in [0.15, 0.2) is 36.4 Å². The van der Waals surface area contributed by atoms with Gasteiger partial charge in [0, 0.05) is 26.0 Å². The number of ether oxygens (including phenoxy) is 3. The molecule has 6 heteroatoms. The molecule has 6 nitrogen and oxygen atoms in total. The molecule has 1 radical (unpaired) electrons. The molecule has 1 atom stereocenters. The Bertz CT molecular complexity index is 840. The van der Waals surface area contributed by atoms with E-state index in [4.69, 9.17) is 14.2 Å². The number of carbonyl (C=O) groups excluding carboxylic acids is 3. The molecule has 2 aromatic carbocycles. The van der Waals surface area contributed by atoms with Crippen LogP contribution in [0.25, 0.3) is 0 Å². The summed E-state index contributed by atoms with van der Waals surface area (Å²) in [6, 6.07) is 12.8. The first kappa shape index (κ1) is 16.7. The van der Waals surface area contributed by atoms with Crippen LogP contribution in [0.3, 0.4) is 0 Å². The number of ketones is 1. The van der Waals surface area contributed by atoms with E-state index in [0.29, 0.717) is 0 Å². The van der Waals surface area contributed by atoms with E-state index in [2.05, 4.69) is 6.07 Å². The van der Waals surface area contributed by atoms with Crippen molar-refractivity contribution in [2.75, 3.05) is 0 Å². The molecule has 0 spiro atoms. The highest BCUT2D eigenvalue weighted by Gasteiger charge is 2.32. The Morgan fingerprint density at radius 3 is 2.44 bits per heavy atom. The van der Waals surface area contributed by atoms with E-state index in [0.717, 1.165) is 5.56 Å². The van der Waals surface area contributed by atoms with Gasteiger partial charge in [-0.05, 0) is 11.6 Å². The monoisotopic (exact) mass is 339 g/mol. The first-order valence-electron chi connectivity index (χ1n) is 7.65. The van der Waals surface area contributed by atoms with Gasteiger partial charge >= 0.3 is 11.9 Å². The van der Waals surface area contributed by atoms with Crippen LogP contribution in [0.1, 0.15) is 42.3 Å². The Kier molecular flexibility index (Phi) is 4.52. The maximum absolute atomic E-state index is 12.6. The van der Waals surface area contributed by atoms with Crippen LogP contribution in [0.4, 0.5) is 0 Å². The Morgan fingerprint density at radius 1 is 1.12 bits per heavy atom. The minimum Gasteiger partial charge on any atom is -0.484 e. The molecule has 1 aliphatic rings. The zero-order valence-electron chi connectivity index (χ0n) is 13.7. The highest BCUT2D eigenvalue weighted by atomic mass is 16.5. The van der Waals surface area contributed by atoms with Gasteiger partial charge in [0.15, 0.2) is 5.78 Å². The van der Waals surface area contributed by atoms with Crippen LogP contribution < -0.4 is 14.2 Å². The number of benzene rings is 2. The lowest BCUT2D eigenvalue weighted by molar-refractivity contribution is -0.132. The van der Waals surface area contributed by atoms with E-state index in [1.54, 1.807) is 12.1 Å². The highest BCUT2D eigenvalue weighted by Crippen LogP contribution is 2.42. The molecule has 1 unspecified atom stereocenters. The van der Waals surface area contributed by atoms with Crippen molar-refractivity contribution in [3.8, 4) is 17.2 Å². The van der Waals surface area contributed by atoms with Gasteiger partial charge in [-0.2, -0.15) is 0 Å². The zero-order valence-corrected chi connectivity index (χ0v) is 13.7. The van der Waals surface area contributed by atoms with Gasteiger partial charge in [0.25, 0.3) is 0 Å². The average molecular weight is 339 g/mol. The number of Topliss-reactive ketones (excluding diaryl/α,β-unsaturated/α-hetero) is 1. The summed E-state index contributed by atoms with van der Waals surface area (Å²) in [5, 5.41) is 0. The first-order valence-corrected chi connectivity index (χ1v) is 7.65. The summed E-state index contributed by atoms with van der Waals surface area (Å²) in [6.45, 7) is 2.47. The molecule has 0 fully saturated rings. The lowest BCUT2D eigenvalue weighted by atomic mass is 9.95. The third kappa shape index (κ3) is 3.68. The van der Waals surface area contributed by atoms with Crippen molar-refractivity contribution >= 4 is 17.7 Å². The molecule has 3 rings (SSSR count). The van der Waals surface area contributed by atoms with E-state index in [9.17, 15) is 14.4 Å². The fourth-order valence-corrected chi connectivity index (χ4v) is 2.66. The standard InChI is InChI=1S/C19H15O6/c1-11(20)23-14-8-17(24-12(2)21)19-15(22)10-16(25-18(19)9-14)13-6-4-3-5-7-13/h4-9,16H,10H2,1-2H3. The van der Waals surface area contributed by atoms with Crippen LogP contribution in [-0.2, 0) is 9.59 Å². The Balaban J connectivity index is 2.04. The second-order valence-corrected chi connectivity index (χ2v) is 5.55. The number of fused-ring (bicyclic) bond motifs is 1. The molecule has 0 aliphatic carbocycles. The summed E-state index contributed by atoms with van der Waals surface area (Å²) in [4.78, 5) is 35.2. The SMILES string of the molecule is CC(=O)Oc1cc(OC(C)=O)c2c(c1)OC(c1cc[c]cc1)CC2=O. The number of hydrogen-bond donors (Lipinski definition) is 0. The van der Waals surface area contributed by atoms with Crippen LogP contribution in [0, 0.1) is 6.07 Å². The molecule has 0 N–H and O–H groups in total. The first-order chi connectivity index (χ1) is 11.9. The third-order valence-electron chi connectivity index (χ3n) is 3.59. The fraction of sp³-hybridized carbons (Fsp3) is 0.211. The third-order valence-corrected chi connectivity index (χ3v) is 3.59. The molecule has 127 valence electrons. The van der Waals surface area contributed by atoms with Crippen molar-refractivity contribution in [3.63, 3.8) is 0 Å². The minimum atomic E-state index is -0.587.